The van der Waals surface area contributed by atoms with Gasteiger partial charge in [0.25, 0.3) is 5.56 Å². The van der Waals surface area contributed by atoms with Gasteiger partial charge in [0.15, 0.2) is 0 Å². The van der Waals surface area contributed by atoms with Crippen LogP contribution < -0.4 is 5.56 Å². The Morgan fingerprint density at radius 2 is 1.93 bits per heavy atom. The second-order valence-electron chi connectivity index (χ2n) is 3.68. The van der Waals surface area contributed by atoms with Crippen molar-refractivity contribution in [1.29, 1.82) is 0 Å². The minimum absolute atomic E-state index is 0.135. The predicted octanol–water partition coefficient (Wildman–Crippen LogP) is 1.21. The molecule has 0 aliphatic rings. The molecule has 0 amide bonds. The zero-order chi connectivity index (χ0) is 11.7. The number of carboxylic acids is 1. The molecule has 0 unspecified atom stereocenters. The molecule has 82 valence electrons. The van der Waals surface area contributed by atoms with Gasteiger partial charge in [0, 0.05) is 5.56 Å². The molecular weight excluding hydrogens is 198 g/mol. The normalized spacial score (nSPS) is 10.7. The summed E-state index contributed by atoms with van der Waals surface area (Å²) in [4.78, 5) is 24.4. The number of hydrogen-bond donors (Lipinski definition) is 3. The number of hydrogen-bond acceptors (Lipinski definition) is 3. The second kappa shape index (κ2) is 3.76. The van der Waals surface area contributed by atoms with Gasteiger partial charge in [0.2, 0.25) is 5.88 Å². The van der Waals surface area contributed by atoms with Crippen LogP contribution in [0.1, 0.15) is 41.3 Å². The summed E-state index contributed by atoms with van der Waals surface area (Å²) in [5.41, 5.74) is 0.0345. The molecule has 0 radical (unpaired) electrons. The first-order chi connectivity index (χ1) is 6.86. The quantitative estimate of drug-likeness (QED) is 0.685. The Bertz CT molecular complexity index is 459. The standard InChI is InChI=1S/C10H13NO4/c1-4(2)6-5(3)8(12)11-9(13)7(6)10(14)15/h4H,1-3H3,(H,14,15)(H2,11,12,13). The van der Waals surface area contributed by atoms with Crippen LogP contribution >= 0.6 is 0 Å². The zero-order valence-electron chi connectivity index (χ0n) is 8.79. The lowest BCUT2D eigenvalue weighted by Crippen LogP contribution is -2.18. The Hall–Kier alpha value is -1.78. The van der Waals surface area contributed by atoms with Gasteiger partial charge in [0.05, 0.1) is 0 Å². The van der Waals surface area contributed by atoms with Crippen LogP contribution in [0.5, 0.6) is 5.88 Å². The first-order valence-electron chi connectivity index (χ1n) is 4.55. The predicted molar refractivity (Wildman–Crippen MR) is 54.5 cm³/mol. The summed E-state index contributed by atoms with van der Waals surface area (Å²) in [6.45, 7) is 5.08. The Kier molecular flexibility index (Phi) is 2.83. The molecule has 0 bridgehead atoms. The van der Waals surface area contributed by atoms with E-state index in [0.29, 0.717) is 11.1 Å². The molecule has 0 aliphatic heterocycles. The van der Waals surface area contributed by atoms with E-state index in [0.717, 1.165) is 0 Å². The lowest BCUT2D eigenvalue weighted by molar-refractivity contribution is 0.0691. The lowest BCUT2D eigenvalue weighted by Gasteiger charge is -2.13. The molecule has 0 saturated heterocycles. The van der Waals surface area contributed by atoms with Crippen LogP contribution in [0.15, 0.2) is 4.79 Å². The van der Waals surface area contributed by atoms with E-state index in [1.807, 2.05) is 0 Å². The largest absolute Gasteiger partial charge is 0.494 e. The van der Waals surface area contributed by atoms with E-state index in [4.69, 9.17) is 5.11 Å². The number of aromatic amines is 1. The van der Waals surface area contributed by atoms with Crippen molar-refractivity contribution in [2.45, 2.75) is 26.7 Å². The number of nitrogens with one attached hydrogen (secondary N) is 1. The highest BCUT2D eigenvalue weighted by molar-refractivity contribution is 5.92. The molecule has 0 spiro atoms. The third-order valence-corrected chi connectivity index (χ3v) is 2.27. The SMILES string of the molecule is Cc1c(C(C)C)c(C(=O)O)c(O)[nH]c1=O. The zero-order valence-corrected chi connectivity index (χ0v) is 8.79. The number of carboxylic acid groups (broad SMARTS) is 1. The summed E-state index contributed by atoms with van der Waals surface area (Å²) in [5.74, 6) is -1.96. The van der Waals surface area contributed by atoms with Crippen molar-refractivity contribution in [1.82, 2.24) is 4.98 Å². The van der Waals surface area contributed by atoms with Gasteiger partial charge in [-0.2, -0.15) is 0 Å². The van der Waals surface area contributed by atoms with Crippen molar-refractivity contribution in [3.63, 3.8) is 0 Å². The fourth-order valence-electron chi connectivity index (χ4n) is 1.64. The summed E-state index contributed by atoms with van der Waals surface area (Å²) in [5, 5.41) is 18.3. The van der Waals surface area contributed by atoms with E-state index >= 15 is 0 Å². The fourth-order valence-corrected chi connectivity index (χ4v) is 1.64. The summed E-state index contributed by atoms with van der Waals surface area (Å²) in [6, 6.07) is 0. The Labute approximate surface area is 86.4 Å². The highest BCUT2D eigenvalue weighted by atomic mass is 16.4. The molecule has 5 nitrogen and oxygen atoms in total. The van der Waals surface area contributed by atoms with E-state index in [1.165, 1.54) is 0 Å². The average Bonchev–Trinajstić information content (AvgIpc) is 2.09. The summed E-state index contributed by atoms with van der Waals surface area (Å²) >= 11 is 0. The third kappa shape index (κ3) is 1.86. The van der Waals surface area contributed by atoms with Crippen LogP contribution in [-0.4, -0.2) is 21.2 Å². The molecule has 5 heteroatoms. The van der Waals surface area contributed by atoms with Crippen LogP contribution in [0.2, 0.25) is 0 Å². The number of pyridine rings is 1. The Morgan fingerprint density at radius 1 is 1.40 bits per heavy atom. The highest BCUT2D eigenvalue weighted by Crippen LogP contribution is 2.26. The topological polar surface area (TPSA) is 90.4 Å². The second-order valence-corrected chi connectivity index (χ2v) is 3.68. The van der Waals surface area contributed by atoms with E-state index < -0.39 is 17.4 Å². The average molecular weight is 211 g/mol. The van der Waals surface area contributed by atoms with Crippen molar-refractivity contribution < 1.29 is 15.0 Å². The molecule has 0 aliphatic carbocycles. The van der Waals surface area contributed by atoms with Gasteiger partial charge in [-0.25, -0.2) is 4.79 Å². The minimum atomic E-state index is -1.24. The summed E-state index contributed by atoms with van der Waals surface area (Å²) in [7, 11) is 0. The molecule has 0 fully saturated rings. The third-order valence-electron chi connectivity index (χ3n) is 2.27. The van der Waals surface area contributed by atoms with Crippen molar-refractivity contribution in [2.75, 3.05) is 0 Å². The molecule has 0 atom stereocenters. The molecular formula is C10H13NO4. The molecule has 0 saturated carbocycles. The van der Waals surface area contributed by atoms with Crippen LogP contribution in [0.25, 0.3) is 0 Å². The van der Waals surface area contributed by atoms with E-state index in [-0.39, 0.29) is 11.5 Å². The van der Waals surface area contributed by atoms with E-state index in [9.17, 15) is 14.7 Å². The minimum Gasteiger partial charge on any atom is -0.494 e. The Morgan fingerprint density at radius 3 is 2.33 bits per heavy atom. The van der Waals surface area contributed by atoms with Gasteiger partial charge in [-0.05, 0) is 18.4 Å². The van der Waals surface area contributed by atoms with Crippen LogP contribution in [0.4, 0.5) is 0 Å². The summed E-state index contributed by atoms with van der Waals surface area (Å²) < 4.78 is 0. The van der Waals surface area contributed by atoms with Crippen LogP contribution in [-0.2, 0) is 0 Å². The van der Waals surface area contributed by atoms with E-state index in [1.54, 1.807) is 20.8 Å². The van der Waals surface area contributed by atoms with Crippen molar-refractivity contribution in [2.24, 2.45) is 0 Å². The van der Waals surface area contributed by atoms with Gasteiger partial charge in [-0.3, -0.25) is 9.78 Å². The molecule has 1 aromatic rings. The Balaban J connectivity index is 3.70. The highest BCUT2D eigenvalue weighted by Gasteiger charge is 2.22. The number of aromatic nitrogens is 1. The number of aromatic hydroxyl groups is 1. The number of carbonyl (C=O) groups is 1. The number of aromatic carboxylic acids is 1. The first kappa shape index (κ1) is 11.3. The smallest absolute Gasteiger partial charge is 0.341 e. The van der Waals surface area contributed by atoms with Gasteiger partial charge in [-0.15, -0.1) is 0 Å². The maximum Gasteiger partial charge on any atom is 0.341 e. The molecule has 1 heterocycles. The fraction of sp³-hybridized carbons (Fsp3) is 0.400. The number of rotatable bonds is 2. The van der Waals surface area contributed by atoms with Gasteiger partial charge in [-0.1, -0.05) is 13.8 Å². The van der Waals surface area contributed by atoms with Crippen LogP contribution in [0, 0.1) is 6.92 Å². The van der Waals surface area contributed by atoms with E-state index in [2.05, 4.69) is 4.98 Å². The van der Waals surface area contributed by atoms with Crippen molar-refractivity contribution in [3.8, 4) is 5.88 Å². The van der Waals surface area contributed by atoms with Gasteiger partial charge >= 0.3 is 5.97 Å². The van der Waals surface area contributed by atoms with Gasteiger partial charge in [0.1, 0.15) is 5.56 Å². The maximum atomic E-state index is 11.3. The summed E-state index contributed by atoms with van der Waals surface area (Å²) in [6.07, 6.45) is 0. The molecule has 15 heavy (non-hydrogen) atoms. The lowest BCUT2D eigenvalue weighted by atomic mass is 9.94. The first-order valence-corrected chi connectivity index (χ1v) is 4.55. The maximum absolute atomic E-state index is 11.3. The molecule has 1 rings (SSSR count). The van der Waals surface area contributed by atoms with Gasteiger partial charge < -0.3 is 10.2 Å². The monoisotopic (exact) mass is 211 g/mol. The molecule has 3 N–H and O–H groups in total. The van der Waals surface area contributed by atoms with Crippen molar-refractivity contribution >= 4 is 5.97 Å². The molecule has 0 aromatic carbocycles. The molecule has 1 aromatic heterocycles. The number of H-pyrrole nitrogens is 1. The van der Waals surface area contributed by atoms with Crippen LogP contribution in [0.3, 0.4) is 0 Å². The van der Waals surface area contributed by atoms with Crippen molar-refractivity contribution in [3.05, 3.63) is 27.0 Å².